The Morgan fingerprint density at radius 3 is 2.64 bits per heavy atom. The van der Waals surface area contributed by atoms with Gasteiger partial charge in [0.25, 0.3) is 0 Å². The lowest BCUT2D eigenvalue weighted by Gasteiger charge is -2.10. The summed E-state index contributed by atoms with van der Waals surface area (Å²) < 4.78 is 1.95. The number of rotatable bonds is 4. The lowest BCUT2D eigenvalue weighted by Crippen LogP contribution is -2.05. The highest BCUT2D eigenvalue weighted by atomic mass is 16.1. The van der Waals surface area contributed by atoms with Crippen LogP contribution in [0.4, 0.5) is 17.2 Å². The number of H-pyrrole nitrogens is 1. The van der Waals surface area contributed by atoms with Gasteiger partial charge in [0.2, 0.25) is 5.91 Å². The second-order valence-corrected chi connectivity index (χ2v) is 5.48. The average molecular weight is 333 g/mol. The molecule has 1 amide bonds. The summed E-state index contributed by atoms with van der Waals surface area (Å²) >= 11 is 0. The van der Waals surface area contributed by atoms with Gasteiger partial charge in [-0.05, 0) is 24.3 Å². The van der Waals surface area contributed by atoms with Crippen LogP contribution in [0.25, 0.3) is 16.9 Å². The van der Waals surface area contributed by atoms with Gasteiger partial charge in [-0.1, -0.05) is 0 Å². The van der Waals surface area contributed by atoms with Gasteiger partial charge in [0.15, 0.2) is 11.5 Å². The first-order chi connectivity index (χ1) is 12.2. The number of aromatic amines is 1. The summed E-state index contributed by atoms with van der Waals surface area (Å²) in [5.74, 6) is 0.542. The van der Waals surface area contributed by atoms with Gasteiger partial charge < -0.3 is 10.6 Å². The number of hydrogen-bond acceptors (Lipinski definition) is 5. The summed E-state index contributed by atoms with van der Waals surface area (Å²) in [5, 5.41) is 12.8. The van der Waals surface area contributed by atoms with Gasteiger partial charge in [-0.3, -0.25) is 14.3 Å². The standard InChI is InChI=1S/C17H15N7O/c1-11(25)22-13-2-4-14(5-3-13)23-16-17-18-6-7-24(17)15(10-19-16)12-8-20-21-9-12/h2-10H,1H3,(H,19,23)(H,20,21)(H,22,25). The van der Waals surface area contributed by atoms with E-state index in [4.69, 9.17) is 0 Å². The zero-order chi connectivity index (χ0) is 17.2. The van der Waals surface area contributed by atoms with Crippen molar-refractivity contribution in [3.05, 3.63) is 55.2 Å². The number of fused-ring (bicyclic) bond motifs is 1. The number of nitrogens with one attached hydrogen (secondary N) is 3. The van der Waals surface area contributed by atoms with Crippen molar-refractivity contribution in [3.8, 4) is 11.3 Å². The van der Waals surface area contributed by atoms with Crippen molar-refractivity contribution in [2.24, 2.45) is 0 Å². The van der Waals surface area contributed by atoms with Crippen LogP contribution in [0.1, 0.15) is 6.92 Å². The average Bonchev–Trinajstić information content (AvgIpc) is 3.28. The maximum atomic E-state index is 11.1. The summed E-state index contributed by atoms with van der Waals surface area (Å²) in [5.41, 5.74) is 4.13. The number of carbonyl (C=O) groups is 1. The van der Waals surface area contributed by atoms with Crippen molar-refractivity contribution < 1.29 is 4.79 Å². The molecule has 0 saturated heterocycles. The normalized spacial score (nSPS) is 10.8. The largest absolute Gasteiger partial charge is 0.337 e. The second-order valence-electron chi connectivity index (χ2n) is 5.48. The van der Waals surface area contributed by atoms with E-state index in [0.717, 1.165) is 22.6 Å². The van der Waals surface area contributed by atoms with E-state index < -0.39 is 0 Å². The summed E-state index contributed by atoms with van der Waals surface area (Å²) in [4.78, 5) is 20.0. The third-order valence-corrected chi connectivity index (χ3v) is 3.69. The topological polar surface area (TPSA) is 100 Å². The number of anilines is 3. The van der Waals surface area contributed by atoms with Crippen molar-refractivity contribution in [1.82, 2.24) is 24.6 Å². The lowest BCUT2D eigenvalue weighted by atomic mass is 10.2. The van der Waals surface area contributed by atoms with Crippen molar-refractivity contribution >= 4 is 28.7 Å². The molecule has 8 nitrogen and oxygen atoms in total. The maximum absolute atomic E-state index is 11.1. The molecular weight excluding hydrogens is 318 g/mol. The molecule has 0 fully saturated rings. The number of nitrogens with zero attached hydrogens (tertiary/aromatic N) is 4. The fraction of sp³-hybridized carbons (Fsp3) is 0.0588. The van der Waals surface area contributed by atoms with Gasteiger partial charge >= 0.3 is 0 Å². The van der Waals surface area contributed by atoms with E-state index in [2.05, 4.69) is 30.8 Å². The first kappa shape index (κ1) is 14.9. The fourth-order valence-electron chi connectivity index (χ4n) is 2.59. The summed E-state index contributed by atoms with van der Waals surface area (Å²) in [7, 11) is 0. The molecule has 25 heavy (non-hydrogen) atoms. The molecule has 4 aromatic rings. The molecule has 0 saturated carbocycles. The van der Waals surface area contributed by atoms with Crippen LogP contribution in [0.2, 0.25) is 0 Å². The summed E-state index contributed by atoms with van der Waals surface area (Å²) in [6, 6.07) is 7.39. The Morgan fingerprint density at radius 1 is 1.12 bits per heavy atom. The molecule has 3 aromatic heterocycles. The Labute approximate surface area is 142 Å². The van der Waals surface area contributed by atoms with Gasteiger partial charge in [-0.25, -0.2) is 9.97 Å². The molecule has 4 rings (SSSR count). The predicted octanol–water partition coefficient (Wildman–Crippen LogP) is 2.82. The zero-order valence-electron chi connectivity index (χ0n) is 13.4. The Morgan fingerprint density at radius 2 is 1.92 bits per heavy atom. The fourth-order valence-corrected chi connectivity index (χ4v) is 2.59. The van der Waals surface area contributed by atoms with Gasteiger partial charge in [-0.2, -0.15) is 5.10 Å². The molecule has 0 aliphatic rings. The maximum Gasteiger partial charge on any atom is 0.221 e. The van der Waals surface area contributed by atoms with Crippen molar-refractivity contribution in [3.63, 3.8) is 0 Å². The molecule has 124 valence electrons. The Bertz CT molecular complexity index is 1020. The van der Waals surface area contributed by atoms with Crippen LogP contribution in [-0.2, 0) is 4.79 Å². The number of aromatic nitrogens is 5. The van der Waals surface area contributed by atoms with Gasteiger partial charge in [-0.15, -0.1) is 0 Å². The highest BCUT2D eigenvalue weighted by molar-refractivity contribution is 5.89. The molecular formula is C17H15N7O. The third kappa shape index (κ3) is 2.92. The Kier molecular flexibility index (Phi) is 3.62. The quantitative estimate of drug-likeness (QED) is 0.533. The molecule has 0 aliphatic carbocycles. The van der Waals surface area contributed by atoms with Crippen LogP contribution in [0.3, 0.4) is 0 Å². The van der Waals surface area contributed by atoms with Gasteiger partial charge in [0.05, 0.1) is 18.1 Å². The first-order valence-corrected chi connectivity index (χ1v) is 7.66. The number of amides is 1. The van der Waals surface area contributed by atoms with E-state index in [9.17, 15) is 4.79 Å². The van der Waals surface area contributed by atoms with E-state index in [-0.39, 0.29) is 5.91 Å². The van der Waals surface area contributed by atoms with Gasteiger partial charge in [0, 0.05) is 42.5 Å². The molecule has 0 unspecified atom stereocenters. The molecule has 1 aromatic carbocycles. The van der Waals surface area contributed by atoms with Crippen molar-refractivity contribution in [1.29, 1.82) is 0 Å². The van der Waals surface area contributed by atoms with Crippen LogP contribution in [0, 0.1) is 0 Å². The molecule has 3 N–H and O–H groups in total. The van der Waals surface area contributed by atoms with Crippen LogP contribution in [0.5, 0.6) is 0 Å². The van der Waals surface area contributed by atoms with Gasteiger partial charge in [0.1, 0.15) is 0 Å². The number of hydrogen-bond donors (Lipinski definition) is 3. The van der Waals surface area contributed by atoms with E-state index in [1.165, 1.54) is 6.92 Å². The predicted molar refractivity (Wildman–Crippen MR) is 94.6 cm³/mol. The Hall–Kier alpha value is -3.68. The molecule has 8 heteroatoms. The summed E-state index contributed by atoms with van der Waals surface area (Å²) in [6.07, 6.45) is 8.93. The first-order valence-electron chi connectivity index (χ1n) is 7.66. The molecule has 0 atom stereocenters. The van der Waals surface area contributed by atoms with E-state index in [1.54, 1.807) is 18.6 Å². The minimum Gasteiger partial charge on any atom is -0.337 e. The molecule has 0 radical (unpaired) electrons. The minimum atomic E-state index is -0.101. The second kappa shape index (κ2) is 6.08. The monoisotopic (exact) mass is 333 g/mol. The van der Waals surface area contributed by atoms with Crippen molar-refractivity contribution in [2.45, 2.75) is 6.92 Å². The van der Waals surface area contributed by atoms with Crippen LogP contribution in [0.15, 0.2) is 55.2 Å². The molecule has 0 aliphatic heterocycles. The third-order valence-electron chi connectivity index (χ3n) is 3.69. The molecule has 0 spiro atoms. The molecule has 3 heterocycles. The number of carbonyl (C=O) groups excluding carboxylic acids is 1. The van der Waals surface area contributed by atoms with Crippen LogP contribution < -0.4 is 10.6 Å². The minimum absolute atomic E-state index is 0.101. The zero-order valence-corrected chi connectivity index (χ0v) is 13.4. The highest BCUT2D eigenvalue weighted by Gasteiger charge is 2.11. The summed E-state index contributed by atoms with van der Waals surface area (Å²) in [6.45, 7) is 1.48. The van der Waals surface area contributed by atoms with E-state index in [0.29, 0.717) is 11.5 Å². The van der Waals surface area contributed by atoms with Crippen molar-refractivity contribution in [2.75, 3.05) is 10.6 Å². The highest BCUT2D eigenvalue weighted by Crippen LogP contribution is 2.25. The lowest BCUT2D eigenvalue weighted by molar-refractivity contribution is -0.114. The smallest absolute Gasteiger partial charge is 0.221 e. The number of imidazole rings is 1. The van der Waals surface area contributed by atoms with E-state index >= 15 is 0 Å². The number of benzene rings is 1. The molecule has 0 bridgehead atoms. The SMILES string of the molecule is CC(=O)Nc1ccc(Nc2ncc(-c3cn[nH]c3)n3ccnc23)cc1. The van der Waals surface area contributed by atoms with Crippen LogP contribution >= 0.6 is 0 Å². The Balaban J connectivity index is 1.65. The van der Waals surface area contributed by atoms with Crippen LogP contribution in [-0.4, -0.2) is 30.5 Å². The van der Waals surface area contributed by atoms with E-state index in [1.807, 2.05) is 41.1 Å².